The molecule has 0 aliphatic rings. The minimum atomic E-state index is -0.417. The number of pyridine rings is 2. The van der Waals surface area contributed by atoms with Crippen molar-refractivity contribution in [2.75, 3.05) is 12.4 Å². The van der Waals surface area contributed by atoms with Crippen molar-refractivity contribution in [3.05, 3.63) is 45.4 Å². The van der Waals surface area contributed by atoms with E-state index in [1.165, 1.54) is 13.2 Å². The van der Waals surface area contributed by atoms with E-state index in [4.69, 9.17) is 16.3 Å². The van der Waals surface area contributed by atoms with Crippen LogP contribution in [-0.4, -0.2) is 17.1 Å². The number of halogens is 3. The Morgan fingerprint density at radius 1 is 1.47 bits per heavy atom. The normalized spacial score (nSPS) is 10.3. The predicted octanol–water partition coefficient (Wildman–Crippen LogP) is 3.65. The highest BCUT2D eigenvalue weighted by molar-refractivity contribution is 9.10. The molecule has 2 rings (SSSR count). The predicted molar refractivity (Wildman–Crippen MR) is 75.0 cm³/mol. The summed E-state index contributed by atoms with van der Waals surface area (Å²) < 4.78 is 18.9. The van der Waals surface area contributed by atoms with E-state index in [2.05, 4.69) is 31.2 Å². The average Bonchev–Trinajstić information content (AvgIpc) is 2.40. The first-order valence-electron chi connectivity index (χ1n) is 5.34. The quantitative estimate of drug-likeness (QED) is 0.859. The molecule has 0 saturated heterocycles. The molecule has 7 heteroatoms. The Balaban J connectivity index is 2.13. The Morgan fingerprint density at radius 3 is 2.95 bits per heavy atom. The highest BCUT2D eigenvalue weighted by atomic mass is 79.9. The van der Waals surface area contributed by atoms with Crippen LogP contribution in [0.3, 0.4) is 0 Å². The van der Waals surface area contributed by atoms with Crippen molar-refractivity contribution in [2.45, 2.75) is 6.54 Å². The minimum absolute atomic E-state index is 0.332. The molecule has 0 amide bonds. The lowest BCUT2D eigenvalue weighted by atomic mass is 10.2. The maximum Gasteiger partial charge on any atom is 0.218 e. The maximum absolute atomic E-state index is 13.1. The molecule has 0 saturated carbocycles. The van der Waals surface area contributed by atoms with Crippen LogP contribution in [-0.2, 0) is 6.54 Å². The van der Waals surface area contributed by atoms with E-state index < -0.39 is 5.82 Å². The van der Waals surface area contributed by atoms with Crippen molar-refractivity contribution in [1.29, 1.82) is 0 Å². The molecular formula is C12H10BrClFN3O. The largest absolute Gasteiger partial charge is 0.481 e. The molecule has 1 N–H and O–H groups in total. The van der Waals surface area contributed by atoms with Gasteiger partial charge in [0.05, 0.1) is 17.8 Å². The zero-order valence-corrected chi connectivity index (χ0v) is 12.3. The fourth-order valence-electron chi connectivity index (χ4n) is 1.48. The second kappa shape index (κ2) is 6.16. The Hall–Kier alpha value is -1.40. The summed E-state index contributed by atoms with van der Waals surface area (Å²) in [6.45, 7) is 0.332. The molecule has 0 atom stereocenters. The number of rotatable bonds is 4. The first-order valence-corrected chi connectivity index (χ1v) is 6.51. The van der Waals surface area contributed by atoms with Gasteiger partial charge in [0.2, 0.25) is 5.88 Å². The van der Waals surface area contributed by atoms with Gasteiger partial charge in [-0.25, -0.2) is 14.4 Å². The third-order valence-electron chi connectivity index (χ3n) is 2.35. The lowest BCUT2D eigenvalue weighted by Crippen LogP contribution is -2.05. The van der Waals surface area contributed by atoms with Gasteiger partial charge >= 0.3 is 0 Å². The zero-order chi connectivity index (χ0) is 13.8. The molecule has 19 heavy (non-hydrogen) atoms. The molecule has 0 spiro atoms. The standard InChI is InChI=1S/C12H10BrClFN3O/c1-19-12-7(4-8(15)6-17-12)5-16-10-3-2-9(13)11(14)18-10/h2-4,6H,5H2,1H3,(H,16,18). The Kier molecular flexibility index (Phi) is 4.55. The SMILES string of the molecule is COc1ncc(F)cc1CNc1ccc(Br)c(Cl)n1. The minimum Gasteiger partial charge on any atom is -0.481 e. The molecule has 2 aromatic heterocycles. The number of nitrogens with zero attached hydrogens (tertiary/aromatic N) is 2. The maximum atomic E-state index is 13.1. The summed E-state index contributed by atoms with van der Waals surface area (Å²) in [6.07, 6.45) is 1.11. The summed E-state index contributed by atoms with van der Waals surface area (Å²) in [6, 6.07) is 4.90. The van der Waals surface area contributed by atoms with Crippen molar-refractivity contribution >= 4 is 33.3 Å². The molecule has 0 aromatic carbocycles. The van der Waals surface area contributed by atoms with Crippen LogP contribution in [0.1, 0.15) is 5.56 Å². The van der Waals surface area contributed by atoms with Gasteiger partial charge in [-0.15, -0.1) is 0 Å². The van der Waals surface area contributed by atoms with Crippen molar-refractivity contribution in [2.24, 2.45) is 0 Å². The van der Waals surface area contributed by atoms with Crippen LogP contribution in [0, 0.1) is 5.82 Å². The van der Waals surface area contributed by atoms with Crippen molar-refractivity contribution in [3.63, 3.8) is 0 Å². The molecule has 0 fully saturated rings. The third-order valence-corrected chi connectivity index (χ3v) is 3.50. The number of aromatic nitrogens is 2. The van der Waals surface area contributed by atoms with Gasteiger partial charge in [-0.05, 0) is 34.1 Å². The van der Waals surface area contributed by atoms with E-state index in [0.29, 0.717) is 33.4 Å². The van der Waals surface area contributed by atoms with E-state index in [1.807, 2.05) is 0 Å². The van der Waals surface area contributed by atoms with Gasteiger partial charge in [0.1, 0.15) is 16.8 Å². The first-order chi connectivity index (χ1) is 9.10. The van der Waals surface area contributed by atoms with Crippen LogP contribution in [0.5, 0.6) is 5.88 Å². The highest BCUT2D eigenvalue weighted by Crippen LogP contribution is 2.23. The summed E-state index contributed by atoms with van der Waals surface area (Å²) in [7, 11) is 1.48. The topological polar surface area (TPSA) is 47.0 Å². The number of hydrogen-bond donors (Lipinski definition) is 1. The second-order valence-corrected chi connectivity index (χ2v) is 4.86. The lowest BCUT2D eigenvalue weighted by molar-refractivity contribution is 0.391. The number of hydrogen-bond acceptors (Lipinski definition) is 4. The average molecular weight is 347 g/mol. The molecule has 0 radical (unpaired) electrons. The summed E-state index contributed by atoms with van der Waals surface area (Å²) in [5.41, 5.74) is 0.600. The van der Waals surface area contributed by atoms with Crippen molar-refractivity contribution in [3.8, 4) is 5.88 Å². The molecule has 2 aromatic rings. The zero-order valence-electron chi connectivity index (χ0n) is 9.95. The van der Waals surface area contributed by atoms with E-state index in [9.17, 15) is 4.39 Å². The van der Waals surface area contributed by atoms with Gasteiger partial charge in [-0.1, -0.05) is 11.6 Å². The molecule has 0 aliphatic heterocycles. The molecule has 100 valence electrons. The summed E-state index contributed by atoms with van der Waals surface area (Å²) in [5.74, 6) is 0.538. The van der Waals surface area contributed by atoms with Crippen molar-refractivity contribution < 1.29 is 9.13 Å². The van der Waals surface area contributed by atoms with E-state index in [0.717, 1.165) is 6.20 Å². The monoisotopic (exact) mass is 345 g/mol. The second-order valence-electron chi connectivity index (χ2n) is 3.64. The molecule has 2 heterocycles. The van der Waals surface area contributed by atoms with Crippen LogP contribution in [0.4, 0.5) is 10.2 Å². The smallest absolute Gasteiger partial charge is 0.218 e. The molecular weight excluding hydrogens is 337 g/mol. The first kappa shape index (κ1) is 14.0. The van der Waals surface area contributed by atoms with Gasteiger partial charge in [-0.3, -0.25) is 0 Å². The van der Waals surface area contributed by atoms with Gasteiger partial charge in [-0.2, -0.15) is 0 Å². The summed E-state index contributed by atoms with van der Waals surface area (Å²) in [4.78, 5) is 7.97. The third kappa shape index (κ3) is 3.54. The molecule has 0 aliphatic carbocycles. The van der Waals surface area contributed by atoms with Crippen LogP contribution >= 0.6 is 27.5 Å². The van der Waals surface area contributed by atoms with Gasteiger partial charge in [0.15, 0.2) is 0 Å². The summed E-state index contributed by atoms with van der Waals surface area (Å²) >= 11 is 9.14. The fraction of sp³-hybridized carbons (Fsp3) is 0.167. The van der Waals surface area contributed by atoms with Gasteiger partial charge < -0.3 is 10.1 Å². The van der Waals surface area contributed by atoms with E-state index in [-0.39, 0.29) is 0 Å². The van der Waals surface area contributed by atoms with Crippen LogP contribution in [0.15, 0.2) is 28.9 Å². The van der Waals surface area contributed by atoms with Crippen molar-refractivity contribution in [1.82, 2.24) is 9.97 Å². The summed E-state index contributed by atoms with van der Waals surface area (Å²) in [5, 5.41) is 3.38. The highest BCUT2D eigenvalue weighted by Gasteiger charge is 2.07. The Bertz CT molecular complexity index is 597. The van der Waals surface area contributed by atoms with E-state index >= 15 is 0 Å². The molecule has 4 nitrogen and oxygen atoms in total. The van der Waals surface area contributed by atoms with Gasteiger partial charge in [0.25, 0.3) is 0 Å². The Morgan fingerprint density at radius 2 is 2.26 bits per heavy atom. The number of methoxy groups -OCH3 is 1. The molecule has 0 bridgehead atoms. The van der Waals surface area contributed by atoms with Crippen LogP contribution in [0.25, 0.3) is 0 Å². The Labute approximate surface area is 123 Å². The van der Waals surface area contributed by atoms with Crippen LogP contribution < -0.4 is 10.1 Å². The number of ether oxygens (including phenoxy) is 1. The van der Waals surface area contributed by atoms with Gasteiger partial charge in [0, 0.05) is 12.1 Å². The molecule has 0 unspecified atom stereocenters. The number of anilines is 1. The lowest BCUT2D eigenvalue weighted by Gasteiger charge is -2.09. The van der Waals surface area contributed by atoms with Crippen LogP contribution in [0.2, 0.25) is 5.15 Å². The van der Waals surface area contributed by atoms with E-state index in [1.54, 1.807) is 12.1 Å². The fourth-order valence-corrected chi connectivity index (χ4v) is 1.86. The number of nitrogens with one attached hydrogen (secondary N) is 1.